The summed E-state index contributed by atoms with van der Waals surface area (Å²) in [6, 6.07) is 16.4. The van der Waals surface area contributed by atoms with Crippen molar-refractivity contribution in [3.8, 4) is 17.2 Å². The highest BCUT2D eigenvalue weighted by Crippen LogP contribution is 2.39. The fourth-order valence-electron chi connectivity index (χ4n) is 3.35. The molecule has 0 aromatic heterocycles. The number of ether oxygens (including phenoxy) is 3. The van der Waals surface area contributed by atoms with Crippen LogP contribution in [0.2, 0.25) is 15.1 Å². The molecule has 3 aromatic carbocycles. The Hall–Kier alpha value is -3.17. The quantitative estimate of drug-likeness (QED) is 0.162. The Morgan fingerprint density at radius 1 is 0.946 bits per heavy atom. The first-order valence-corrected chi connectivity index (χ1v) is 12.7. The first-order valence-electron chi connectivity index (χ1n) is 10.8. The van der Waals surface area contributed by atoms with Crippen molar-refractivity contribution in [1.82, 2.24) is 4.90 Å². The number of carbonyl (C=O) groups is 3. The van der Waals surface area contributed by atoms with Gasteiger partial charge in [-0.2, -0.15) is 0 Å². The van der Waals surface area contributed by atoms with Crippen LogP contribution >= 0.6 is 46.6 Å². The van der Waals surface area contributed by atoms with Crippen molar-refractivity contribution < 1.29 is 28.6 Å². The largest absolute Gasteiger partial charge is 0.493 e. The van der Waals surface area contributed by atoms with Crippen LogP contribution in [0.1, 0.15) is 15.9 Å². The highest BCUT2D eigenvalue weighted by Gasteiger charge is 2.35. The number of halogens is 3. The van der Waals surface area contributed by atoms with E-state index in [4.69, 9.17) is 49.0 Å². The summed E-state index contributed by atoms with van der Waals surface area (Å²) in [5.41, 5.74) is 0.635. The Labute approximate surface area is 231 Å². The highest BCUT2D eigenvalue weighted by molar-refractivity contribution is 8.18. The number of methoxy groups -OCH3 is 1. The summed E-state index contributed by atoms with van der Waals surface area (Å²) in [7, 11) is 1.38. The molecule has 0 spiro atoms. The van der Waals surface area contributed by atoms with Gasteiger partial charge < -0.3 is 14.2 Å². The molecule has 0 saturated carbocycles. The first-order chi connectivity index (χ1) is 17.8. The molecule has 1 aliphatic rings. The van der Waals surface area contributed by atoms with Crippen molar-refractivity contribution in [1.29, 1.82) is 0 Å². The number of hydrogen-bond acceptors (Lipinski definition) is 7. The fraction of sp³-hybridized carbons (Fsp3) is 0.115. The third-order valence-corrected chi connectivity index (χ3v) is 6.95. The molecule has 1 heterocycles. The number of thioether (sulfide) groups is 1. The van der Waals surface area contributed by atoms with Gasteiger partial charge in [0.25, 0.3) is 11.1 Å². The number of rotatable bonds is 8. The van der Waals surface area contributed by atoms with Gasteiger partial charge in [0, 0.05) is 0 Å². The summed E-state index contributed by atoms with van der Waals surface area (Å²) in [6.45, 7) is 0.133. The summed E-state index contributed by atoms with van der Waals surface area (Å²) in [5, 5.41) is 0.302. The van der Waals surface area contributed by atoms with Crippen molar-refractivity contribution in [3.05, 3.63) is 91.8 Å². The zero-order valence-corrected chi connectivity index (χ0v) is 22.3. The maximum absolute atomic E-state index is 12.9. The lowest BCUT2D eigenvalue weighted by Gasteiger charge is -2.14. The van der Waals surface area contributed by atoms with E-state index in [1.165, 1.54) is 31.4 Å². The molecular formula is C26H18Cl3NO6S. The molecule has 0 N–H and O–H groups in total. The summed E-state index contributed by atoms with van der Waals surface area (Å²) in [4.78, 5) is 39.2. The molecule has 1 aliphatic heterocycles. The molecule has 3 aromatic rings. The minimum absolute atomic E-state index is 0.00365. The van der Waals surface area contributed by atoms with E-state index < -0.39 is 17.1 Å². The molecule has 11 heteroatoms. The second kappa shape index (κ2) is 11.9. The second-order valence-corrected chi connectivity index (χ2v) is 9.73. The lowest BCUT2D eigenvalue weighted by atomic mass is 10.1. The Balaban J connectivity index is 1.48. The standard InChI is InChI=1S/C26H18Cl3NO6S/c1-34-21-13-15(12-19(29)23(21)36-25(32)16-6-2-3-7-17(16)27)14-22-24(31)30(26(33)37-22)10-11-35-20-9-5-4-8-18(20)28/h2-9,12-14H,10-11H2,1H3/b22-14-. The smallest absolute Gasteiger partial charge is 0.345 e. The summed E-state index contributed by atoms with van der Waals surface area (Å²) >= 11 is 19.3. The van der Waals surface area contributed by atoms with E-state index in [2.05, 4.69) is 0 Å². The van der Waals surface area contributed by atoms with E-state index >= 15 is 0 Å². The SMILES string of the molecule is COc1cc(/C=C2\SC(=O)N(CCOc3ccccc3Cl)C2=O)cc(Cl)c1OC(=O)c1ccccc1Cl. The predicted molar refractivity (Wildman–Crippen MR) is 144 cm³/mol. The molecular weight excluding hydrogens is 561 g/mol. The van der Waals surface area contributed by atoms with Gasteiger partial charge in [-0.3, -0.25) is 14.5 Å². The monoisotopic (exact) mass is 577 g/mol. The zero-order valence-electron chi connectivity index (χ0n) is 19.2. The average Bonchev–Trinajstić information content (AvgIpc) is 3.14. The van der Waals surface area contributed by atoms with Gasteiger partial charge in [-0.15, -0.1) is 0 Å². The van der Waals surface area contributed by atoms with Crippen LogP contribution in [0, 0.1) is 0 Å². The minimum atomic E-state index is -0.710. The van der Waals surface area contributed by atoms with Crippen LogP contribution in [-0.2, 0) is 4.79 Å². The van der Waals surface area contributed by atoms with Crippen molar-refractivity contribution in [2.24, 2.45) is 0 Å². The van der Waals surface area contributed by atoms with Gasteiger partial charge in [0.05, 0.1) is 39.2 Å². The molecule has 190 valence electrons. The Morgan fingerprint density at radius 3 is 2.35 bits per heavy atom. The molecule has 0 radical (unpaired) electrons. The van der Waals surface area contributed by atoms with E-state index in [0.29, 0.717) is 16.3 Å². The molecule has 2 amide bonds. The van der Waals surface area contributed by atoms with Gasteiger partial charge in [-0.1, -0.05) is 59.1 Å². The molecule has 0 unspecified atom stereocenters. The van der Waals surface area contributed by atoms with Crippen LogP contribution in [0.5, 0.6) is 17.2 Å². The Bertz CT molecular complexity index is 1410. The van der Waals surface area contributed by atoms with Gasteiger partial charge >= 0.3 is 5.97 Å². The van der Waals surface area contributed by atoms with Crippen molar-refractivity contribution in [3.63, 3.8) is 0 Å². The van der Waals surface area contributed by atoms with Crippen LogP contribution in [0.3, 0.4) is 0 Å². The molecule has 1 saturated heterocycles. The van der Waals surface area contributed by atoms with E-state index in [1.54, 1.807) is 42.5 Å². The van der Waals surface area contributed by atoms with Crippen LogP contribution < -0.4 is 14.2 Å². The lowest BCUT2D eigenvalue weighted by molar-refractivity contribution is -0.123. The normalized spacial score (nSPS) is 14.3. The second-order valence-electron chi connectivity index (χ2n) is 7.52. The van der Waals surface area contributed by atoms with E-state index in [1.807, 2.05) is 0 Å². The molecule has 37 heavy (non-hydrogen) atoms. The fourth-order valence-corrected chi connectivity index (χ4v) is 4.88. The van der Waals surface area contributed by atoms with Crippen molar-refractivity contribution in [2.45, 2.75) is 0 Å². The molecule has 0 bridgehead atoms. The maximum atomic E-state index is 12.9. The molecule has 1 fully saturated rings. The van der Waals surface area contributed by atoms with E-state index in [-0.39, 0.29) is 45.2 Å². The van der Waals surface area contributed by atoms with Crippen molar-refractivity contribution >= 4 is 69.8 Å². The van der Waals surface area contributed by atoms with Crippen molar-refractivity contribution in [2.75, 3.05) is 20.3 Å². The summed E-state index contributed by atoms with van der Waals surface area (Å²) in [6.07, 6.45) is 1.51. The number of amides is 2. The van der Waals surface area contributed by atoms with Crippen LogP contribution in [-0.4, -0.2) is 42.3 Å². The van der Waals surface area contributed by atoms with Gasteiger partial charge in [-0.05, 0) is 59.8 Å². The summed E-state index contributed by atoms with van der Waals surface area (Å²) < 4.78 is 16.4. The molecule has 0 atom stereocenters. The van der Waals surface area contributed by atoms with E-state index in [9.17, 15) is 14.4 Å². The number of imide groups is 1. The number of nitrogens with zero attached hydrogens (tertiary/aromatic N) is 1. The Morgan fingerprint density at radius 2 is 1.65 bits per heavy atom. The Kier molecular flexibility index (Phi) is 8.66. The predicted octanol–water partition coefficient (Wildman–Crippen LogP) is 6.99. The molecule has 7 nitrogen and oxygen atoms in total. The van der Waals surface area contributed by atoms with Gasteiger partial charge in [0.2, 0.25) is 0 Å². The lowest BCUT2D eigenvalue weighted by Crippen LogP contribution is -2.32. The van der Waals surface area contributed by atoms with Gasteiger partial charge in [0.15, 0.2) is 11.5 Å². The topological polar surface area (TPSA) is 82.1 Å². The maximum Gasteiger partial charge on any atom is 0.345 e. The zero-order chi connectivity index (χ0) is 26.5. The molecule has 0 aliphatic carbocycles. The molecule has 4 rings (SSSR count). The third kappa shape index (κ3) is 6.22. The number of carbonyl (C=O) groups excluding carboxylic acids is 3. The summed E-state index contributed by atoms with van der Waals surface area (Å²) in [5.74, 6) is -0.563. The number of esters is 1. The average molecular weight is 579 g/mol. The minimum Gasteiger partial charge on any atom is -0.493 e. The first kappa shape index (κ1) is 26.9. The highest BCUT2D eigenvalue weighted by atomic mass is 35.5. The van der Waals surface area contributed by atoms with Gasteiger partial charge in [-0.25, -0.2) is 4.79 Å². The van der Waals surface area contributed by atoms with Crippen LogP contribution in [0.15, 0.2) is 65.6 Å². The number of para-hydroxylation sites is 1. The van der Waals surface area contributed by atoms with E-state index in [0.717, 1.165) is 16.7 Å². The third-order valence-electron chi connectivity index (χ3n) is 5.12. The van der Waals surface area contributed by atoms with Crippen LogP contribution in [0.4, 0.5) is 4.79 Å². The number of hydrogen-bond donors (Lipinski definition) is 0. The van der Waals surface area contributed by atoms with Crippen LogP contribution in [0.25, 0.3) is 6.08 Å². The number of benzene rings is 3. The van der Waals surface area contributed by atoms with Gasteiger partial charge in [0.1, 0.15) is 12.4 Å².